The standard InChI is InChI=1S/C34H40N2/c1-5-27-9-17-31(18-10-27)35(32-19-11-28(6-2)12-20-32)25-26-36(33-21-13-29(7-3)14-22-33)34-23-15-30(8-4)16-24-34/h9-24H,5-8,25-26H2,1-4H3. The predicted molar refractivity (Wildman–Crippen MR) is 157 cm³/mol. The quantitative estimate of drug-likeness (QED) is 0.213. The number of nitrogens with zero attached hydrogens (tertiary/aromatic N) is 2. The van der Waals surface area contributed by atoms with Crippen LogP contribution in [0.25, 0.3) is 0 Å². The first kappa shape index (κ1) is 25.6. The third kappa shape index (κ3) is 6.18. The van der Waals surface area contributed by atoms with Crippen LogP contribution in [0.2, 0.25) is 0 Å². The van der Waals surface area contributed by atoms with Crippen LogP contribution in [-0.2, 0) is 25.7 Å². The van der Waals surface area contributed by atoms with E-state index >= 15 is 0 Å². The Kier molecular flexibility index (Phi) is 8.84. The molecule has 2 nitrogen and oxygen atoms in total. The van der Waals surface area contributed by atoms with E-state index in [0.29, 0.717) is 0 Å². The number of rotatable bonds is 11. The fourth-order valence-corrected chi connectivity index (χ4v) is 4.66. The number of benzene rings is 4. The molecule has 0 aliphatic rings. The van der Waals surface area contributed by atoms with E-state index in [0.717, 1.165) is 38.8 Å². The molecule has 0 aromatic heterocycles. The highest BCUT2D eigenvalue weighted by molar-refractivity contribution is 5.67. The van der Waals surface area contributed by atoms with Gasteiger partial charge in [-0.2, -0.15) is 0 Å². The lowest BCUT2D eigenvalue weighted by molar-refractivity contribution is 0.883. The van der Waals surface area contributed by atoms with Crippen LogP contribution in [0, 0.1) is 0 Å². The van der Waals surface area contributed by atoms with Gasteiger partial charge in [0.15, 0.2) is 0 Å². The van der Waals surface area contributed by atoms with Crippen molar-refractivity contribution in [3.63, 3.8) is 0 Å². The summed E-state index contributed by atoms with van der Waals surface area (Å²) < 4.78 is 0. The minimum Gasteiger partial charge on any atom is -0.340 e. The van der Waals surface area contributed by atoms with Gasteiger partial charge in [-0.3, -0.25) is 0 Å². The van der Waals surface area contributed by atoms with E-state index in [1.54, 1.807) is 0 Å². The topological polar surface area (TPSA) is 6.48 Å². The zero-order chi connectivity index (χ0) is 25.3. The molecule has 0 radical (unpaired) electrons. The first-order valence-electron chi connectivity index (χ1n) is 13.6. The molecule has 186 valence electrons. The second kappa shape index (κ2) is 12.4. The number of anilines is 4. The molecule has 4 rings (SSSR count). The van der Waals surface area contributed by atoms with Gasteiger partial charge in [0.05, 0.1) is 0 Å². The van der Waals surface area contributed by atoms with Crippen LogP contribution in [0.4, 0.5) is 22.7 Å². The summed E-state index contributed by atoms with van der Waals surface area (Å²) >= 11 is 0. The molecule has 0 spiro atoms. The van der Waals surface area contributed by atoms with Crippen LogP contribution in [0.1, 0.15) is 49.9 Å². The third-order valence-corrected chi connectivity index (χ3v) is 7.17. The Balaban J connectivity index is 1.67. The summed E-state index contributed by atoms with van der Waals surface area (Å²) in [4.78, 5) is 4.90. The van der Waals surface area contributed by atoms with Crippen molar-refractivity contribution in [1.29, 1.82) is 0 Å². The monoisotopic (exact) mass is 476 g/mol. The lowest BCUT2D eigenvalue weighted by Gasteiger charge is -2.31. The lowest BCUT2D eigenvalue weighted by atomic mass is 10.1. The molecule has 0 bridgehead atoms. The van der Waals surface area contributed by atoms with Crippen LogP contribution >= 0.6 is 0 Å². The van der Waals surface area contributed by atoms with Gasteiger partial charge in [0.1, 0.15) is 0 Å². The minimum atomic E-state index is 0.877. The zero-order valence-corrected chi connectivity index (χ0v) is 22.4. The minimum absolute atomic E-state index is 0.877. The van der Waals surface area contributed by atoms with Crippen LogP contribution in [0.3, 0.4) is 0 Å². The van der Waals surface area contributed by atoms with Crippen molar-refractivity contribution >= 4 is 22.7 Å². The first-order valence-corrected chi connectivity index (χ1v) is 13.6. The largest absolute Gasteiger partial charge is 0.340 e. The molecule has 4 aromatic carbocycles. The van der Waals surface area contributed by atoms with E-state index in [1.807, 2.05) is 0 Å². The van der Waals surface area contributed by atoms with Crippen molar-refractivity contribution in [1.82, 2.24) is 0 Å². The van der Waals surface area contributed by atoms with Gasteiger partial charge >= 0.3 is 0 Å². The highest BCUT2D eigenvalue weighted by Crippen LogP contribution is 2.30. The zero-order valence-electron chi connectivity index (χ0n) is 22.4. The van der Waals surface area contributed by atoms with Gasteiger partial charge in [-0.15, -0.1) is 0 Å². The Morgan fingerprint density at radius 2 is 0.528 bits per heavy atom. The van der Waals surface area contributed by atoms with Crippen molar-refractivity contribution in [2.45, 2.75) is 53.4 Å². The van der Waals surface area contributed by atoms with Crippen molar-refractivity contribution in [3.05, 3.63) is 119 Å². The smallest absolute Gasteiger partial charge is 0.0411 e. The first-order chi connectivity index (χ1) is 17.6. The maximum Gasteiger partial charge on any atom is 0.0411 e. The summed E-state index contributed by atoms with van der Waals surface area (Å²) in [5.41, 5.74) is 10.4. The van der Waals surface area contributed by atoms with Crippen molar-refractivity contribution < 1.29 is 0 Å². The van der Waals surface area contributed by atoms with Crippen LogP contribution in [-0.4, -0.2) is 13.1 Å². The van der Waals surface area contributed by atoms with E-state index in [4.69, 9.17) is 0 Å². The van der Waals surface area contributed by atoms with Gasteiger partial charge in [0, 0.05) is 35.8 Å². The molecule has 0 aliphatic heterocycles. The number of hydrogen-bond acceptors (Lipinski definition) is 2. The van der Waals surface area contributed by atoms with E-state index in [2.05, 4.69) is 135 Å². The van der Waals surface area contributed by atoms with E-state index in [1.165, 1.54) is 45.0 Å². The average molecular weight is 477 g/mol. The third-order valence-electron chi connectivity index (χ3n) is 7.17. The number of aryl methyl sites for hydroxylation is 4. The molecule has 2 heteroatoms. The molecule has 0 saturated carbocycles. The van der Waals surface area contributed by atoms with Crippen LogP contribution in [0.5, 0.6) is 0 Å². The van der Waals surface area contributed by atoms with Gasteiger partial charge in [-0.1, -0.05) is 76.2 Å². The highest BCUT2D eigenvalue weighted by Gasteiger charge is 2.15. The predicted octanol–water partition coefficient (Wildman–Crippen LogP) is 8.91. The maximum atomic E-state index is 2.45. The Labute approximate surface area is 218 Å². The van der Waals surface area contributed by atoms with Crippen LogP contribution < -0.4 is 9.80 Å². The summed E-state index contributed by atoms with van der Waals surface area (Å²) in [6, 6.07) is 36.2. The fraction of sp³-hybridized carbons (Fsp3) is 0.294. The normalized spacial score (nSPS) is 10.9. The molecule has 0 atom stereocenters. The molecular weight excluding hydrogens is 436 g/mol. The highest BCUT2D eigenvalue weighted by atomic mass is 15.2. The van der Waals surface area contributed by atoms with Crippen molar-refractivity contribution in [3.8, 4) is 0 Å². The molecule has 0 saturated heterocycles. The molecule has 36 heavy (non-hydrogen) atoms. The van der Waals surface area contributed by atoms with Gasteiger partial charge in [0.2, 0.25) is 0 Å². The van der Waals surface area contributed by atoms with E-state index < -0.39 is 0 Å². The summed E-state index contributed by atoms with van der Waals surface area (Å²) in [5, 5.41) is 0. The molecule has 0 fully saturated rings. The molecule has 4 aromatic rings. The van der Waals surface area contributed by atoms with Crippen molar-refractivity contribution in [2.75, 3.05) is 22.9 Å². The Morgan fingerprint density at radius 1 is 0.333 bits per heavy atom. The van der Waals surface area contributed by atoms with Gasteiger partial charge in [-0.05, 0) is 96.5 Å². The van der Waals surface area contributed by atoms with Crippen LogP contribution in [0.15, 0.2) is 97.1 Å². The van der Waals surface area contributed by atoms with E-state index in [-0.39, 0.29) is 0 Å². The summed E-state index contributed by atoms with van der Waals surface area (Å²) in [5.74, 6) is 0. The summed E-state index contributed by atoms with van der Waals surface area (Å²) in [7, 11) is 0. The summed E-state index contributed by atoms with van der Waals surface area (Å²) in [6.07, 6.45) is 4.23. The second-order valence-electron chi connectivity index (χ2n) is 9.38. The fourth-order valence-electron chi connectivity index (χ4n) is 4.66. The molecule has 0 amide bonds. The molecule has 0 N–H and O–H groups in total. The van der Waals surface area contributed by atoms with Gasteiger partial charge < -0.3 is 9.80 Å². The molecule has 0 heterocycles. The second-order valence-corrected chi connectivity index (χ2v) is 9.38. The SMILES string of the molecule is CCc1ccc(N(CCN(c2ccc(CC)cc2)c2ccc(CC)cc2)c2ccc(CC)cc2)cc1. The molecule has 0 aliphatic carbocycles. The van der Waals surface area contributed by atoms with E-state index in [9.17, 15) is 0 Å². The Hall–Kier alpha value is -3.52. The van der Waals surface area contributed by atoms with Gasteiger partial charge in [0.25, 0.3) is 0 Å². The number of hydrogen-bond donors (Lipinski definition) is 0. The average Bonchev–Trinajstić information content (AvgIpc) is 2.96. The molecule has 0 unspecified atom stereocenters. The molecular formula is C34H40N2. The van der Waals surface area contributed by atoms with Gasteiger partial charge in [-0.25, -0.2) is 0 Å². The van der Waals surface area contributed by atoms with Crippen molar-refractivity contribution in [2.24, 2.45) is 0 Å². The maximum absolute atomic E-state index is 2.45. The lowest BCUT2D eigenvalue weighted by Crippen LogP contribution is -2.30. The Bertz CT molecular complexity index is 996. The summed E-state index contributed by atoms with van der Waals surface area (Å²) in [6.45, 7) is 10.6. The Morgan fingerprint density at radius 3 is 0.694 bits per heavy atom.